The SMILES string of the molecule is N[C@H](CO)c1c(F)ccc(Cl)c1Cl. The van der Waals surface area contributed by atoms with E-state index in [1.165, 1.54) is 12.1 Å². The highest BCUT2D eigenvalue weighted by molar-refractivity contribution is 6.42. The standard InChI is InChI=1S/C8H8Cl2FNO/c9-4-1-2-5(11)7(8(4)10)6(12)3-13/h1-2,6,13H,3,12H2/t6-/m1/s1. The third kappa shape index (κ3) is 2.11. The fraction of sp³-hybridized carbons (Fsp3) is 0.250. The number of halogens is 3. The lowest BCUT2D eigenvalue weighted by molar-refractivity contribution is 0.265. The number of rotatable bonds is 2. The van der Waals surface area contributed by atoms with Gasteiger partial charge in [0, 0.05) is 5.56 Å². The van der Waals surface area contributed by atoms with E-state index in [0.717, 1.165) is 0 Å². The number of benzene rings is 1. The maximum atomic E-state index is 13.1. The highest BCUT2D eigenvalue weighted by Crippen LogP contribution is 2.31. The van der Waals surface area contributed by atoms with Crippen molar-refractivity contribution < 1.29 is 9.50 Å². The molecule has 0 saturated heterocycles. The van der Waals surface area contributed by atoms with Gasteiger partial charge in [-0.05, 0) is 12.1 Å². The van der Waals surface area contributed by atoms with E-state index in [0.29, 0.717) is 0 Å². The van der Waals surface area contributed by atoms with Gasteiger partial charge in [0.15, 0.2) is 0 Å². The quantitative estimate of drug-likeness (QED) is 0.755. The van der Waals surface area contributed by atoms with Crippen LogP contribution in [0.1, 0.15) is 11.6 Å². The average molecular weight is 224 g/mol. The minimum Gasteiger partial charge on any atom is -0.394 e. The predicted octanol–water partition coefficient (Wildman–Crippen LogP) is 2.12. The molecule has 0 amide bonds. The second-order valence-electron chi connectivity index (χ2n) is 2.55. The van der Waals surface area contributed by atoms with Gasteiger partial charge in [0.2, 0.25) is 0 Å². The van der Waals surface area contributed by atoms with Crippen molar-refractivity contribution in [2.75, 3.05) is 6.61 Å². The first-order valence-corrected chi connectivity index (χ1v) is 4.33. The third-order valence-electron chi connectivity index (χ3n) is 1.65. The average Bonchev–Trinajstić information content (AvgIpc) is 2.12. The van der Waals surface area contributed by atoms with Crippen LogP contribution in [0.3, 0.4) is 0 Å². The van der Waals surface area contributed by atoms with Gasteiger partial charge in [-0.2, -0.15) is 0 Å². The molecule has 3 N–H and O–H groups in total. The summed E-state index contributed by atoms with van der Waals surface area (Å²) in [7, 11) is 0. The van der Waals surface area contributed by atoms with Gasteiger partial charge in [-0.25, -0.2) is 4.39 Å². The van der Waals surface area contributed by atoms with Crippen molar-refractivity contribution in [1.82, 2.24) is 0 Å². The summed E-state index contributed by atoms with van der Waals surface area (Å²) < 4.78 is 13.1. The highest BCUT2D eigenvalue weighted by Gasteiger charge is 2.16. The molecule has 0 aliphatic heterocycles. The minimum absolute atomic E-state index is 0.0525. The van der Waals surface area contributed by atoms with Crippen LogP contribution in [0, 0.1) is 5.82 Å². The lowest BCUT2D eigenvalue weighted by atomic mass is 10.1. The molecule has 0 saturated carbocycles. The van der Waals surface area contributed by atoms with E-state index in [9.17, 15) is 4.39 Å². The molecule has 1 aromatic rings. The molecule has 0 radical (unpaired) electrons. The maximum absolute atomic E-state index is 13.1. The van der Waals surface area contributed by atoms with Gasteiger partial charge in [0.05, 0.1) is 22.7 Å². The normalized spacial score (nSPS) is 13.0. The van der Waals surface area contributed by atoms with E-state index in [1.54, 1.807) is 0 Å². The Hall–Kier alpha value is -0.350. The van der Waals surface area contributed by atoms with Crippen LogP contribution in [0.5, 0.6) is 0 Å². The topological polar surface area (TPSA) is 46.2 Å². The number of hydrogen-bond donors (Lipinski definition) is 2. The number of aliphatic hydroxyl groups excluding tert-OH is 1. The Morgan fingerprint density at radius 2 is 2.08 bits per heavy atom. The van der Waals surface area contributed by atoms with Gasteiger partial charge >= 0.3 is 0 Å². The summed E-state index contributed by atoms with van der Waals surface area (Å²) in [5.74, 6) is -0.559. The minimum atomic E-state index is -0.841. The van der Waals surface area contributed by atoms with Crippen molar-refractivity contribution in [2.45, 2.75) is 6.04 Å². The van der Waals surface area contributed by atoms with Gasteiger partial charge in [0.1, 0.15) is 5.82 Å². The monoisotopic (exact) mass is 223 g/mol. The molecule has 0 aromatic heterocycles. The maximum Gasteiger partial charge on any atom is 0.129 e. The molecule has 0 bridgehead atoms. The Bertz CT molecular complexity index is 319. The molecule has 1 aromatic carbocycles. The largest absolute Gasteiger partial charge is 0.394 e. The molecule has 5 heteroatoms. The van der Waals surface area contributed by atoms with Crippen molar-refractivity contribution in [3.63, 3.8) is 0 Å². The van der Waals surface area contributed by atoms with Gasteiger partial charge in [-0.1, -0.05) is 23.2 Å². The molecule has 0 heterocycles. The molecule has 13 heavy (non-hydrogen) atoms. The zero-order valence-electron chi connectivity index (χ0n) is 6.60. The third-order valence-corrected chi connectivity index (χ3v) is 2.47. The summed E-state index contributed by atoms with van der Waals surface area (Å²) in [5, 5.41) is 9.02. The van der Waals surface area contributed by atoms with Crippen LogP contribution in [0.4, 0.5) is 4.39 Å². The molecule has 1 rings (SSSR count). The lowest BCUT2D eigenvalue weighted by Gasteiger charge is -2.12. The predicted molar refractivity (Wildman–Crippen MR) is 50.4 cm³/mol. The van der Waals surface area contributed by atoms with E-state index in [2.05, 4.69) is 0 Å². The first-order chi connectivity index (χ1) is 6.07. The number of nitrogens with two attached hydrogens (primary N) is 1. The molecule has 0 unspecified atom stereocenters. The van der Waals surface area contributed by atoms with E-state index in [1.807, 2.05) is 0 Å². The van der Waals surface area contributed by atoms with Gasteiger partial charge in [0.25, 0.3) is 0 Å². The Labute approximate surface area is 85.1 Å². The van der Waals surface area contributed by atoms with Crippen LogP contribution < -0.4 is 5.73 Å². The van der Waals surface area contributed by atoms with Crippen LogP contribution >= 0.6 is 23.2 Å². The summed E-state index contributed by atoms with van der Waals surface area (Å²) in [6.07, 6.45) is 0. The van der Waals surface area contributed by atoms with E-state index in [4.69, 9.17) is 34.0 Å². The Kier molecular flexibility index (Phi) is 3.50. The van der Waals surface area contributed by atoms with Crippen molar-refractivity contribution >= 4 is 23.2 Å². The van der Waals surface area contributed by atoms with Crippen molar-refractivity contribution in [2.24, 2.45) is 5.73 Å². The van der Waals surface area contributed by atoms with E-state index >= 15 is 0 Å². The summed E-state index contributed by atoms with van der Waals surface area (Å²) in [5.41, 5.74) is 5.48. The molecule has 1 atom stereocenters. The van der Waals surface area contributed by atoms with Crippen LogP contribution in [-0.2, 0) is 0 Å². The molecular weight excluding hydrogens is 216 g/mol. The van der Waals surface area contributed by atoms with Gasteiger partial charge in [-0.3, -0.25) is 0 Å². The van der Waals surface area contributed by atoms with Crippen LogP contribution in [0.2, 0.25) is 10.0 Å². The first-order valence-electron chi connectivity index (χ1n) is 3.57. The number of aliphatic hydroxyl groups is 1. The van der Waals surface area contributed by atoms with Crippen molar-refractivity contribution in [3.8, 4) is 0 Å². The summed E-state index contributed by atoms with van der Waals surface area (Å²) in [6, 6.07) is 1.66. The zero-order chi connectivity index (χ0) is 10.0. The molecule has 0 spiro atoms. The zero-order valence-corrected chi connectivity index (χ0v) is 8.11. The van der Waals surface area contributed by atoms with Gasteiger partial charge < -0.3 is 10.8 Å². The summed E-state index contributed by atoms with van der Waals surface area (Å²) in [6.45, 7) is -0.378. The first kappa shape index (κ1) is 10.7. The molecular formula is C8H8Cl2FNO. The fourth-order valence-electron chi connectivity index (χ4n) is 0.974. The van der Waals surface area contributed by atoms with Crippen LogP contribution in [-0.4, -0.2) is 11.7 Å². The van der Waals surface area contributed by atoms with E-state index in [-0.39, 0.29) is 22.2 Å². The summed E-state index contributed by atoms with van der Waals surface area (Å²) in [4.78, 5) is 0. The fourth-order valence-corrected chi connectivity index (χ4v) is 1.43. The molecule has 0 aliphatic carbocycles. The van der Waals surface area contributed by atoms with Crippen molar-refractivity contribution in [3.05, 3.63) is 33.6 Å². The smallest absolute Gasteiger partial charge is 0.129 e. The second kappa shape index (κ2) is 4.24. The number of hydrogen-bond acceptors (Lipinski definition) is 2. The Morgan fingerprint density at radius 3 is 2.62 bits per heavy atom. The van der Waals surface area contributed by atoms with Crippen LogP contribution in [0.25, 0.3) is 0 Å². The lowest BCUT2D eigenvalue weighted by Crippen LogP contribution is -2.16. The van der Waals surface area contributed by atoms with E-state index < -0.39 is 11.9 Å². The molecule has 0 fully saturated rings. The molecule has 0 aliphatic rings. The van der Waals surface area contributed by atoms with Gasteiger partial charge in [-0.15, -0.1) is 0 Å². The van der Waals surface area contributed by atoms with Crippen molar-refractivity contribution in [1.29, 1.82) is 0 Å². The molecule has 72 valence electrons. The summed E-state index contributed by atoms with van der Waals surface area (Å²) >= 11 is 11.4. The Morgan fingerprint density at radius 1 is 1.46 bits per heavy atom. The molecule has 2 nitrogen and oxygen atoms in total. The highest BCUT2D eigenvalue weighted by atomic mass is 35.5. The Balaban J connectivity index is 3.25. The van der Waals surface area contributed by atoms with Crippen LogP contribution in [0.15, 0.2) is 12.1 Å². The second-order valence-corrected chi connectivity index (χ2v) is 3.33.